The standard InChI is InChI=1S/C21H24N6.HI/c1-15-24-25-20(26(15)3)14-23-21(22-2)27-12-11-18-13-17(9-10-19(18)27)16-7-5-4-6-8-16;/h4-10,13H,11-12,14H2,1-3H3,(H,22,23);1H. The van der Waals surface area contributed by atoms with E-state index in [2.05, 4.69) is 67.9 Å². The molecule has 146 valence electrons. The number of nitrogens with one attached hydrogen (secondary N) is 1. The molecular weight excluding hydrogens is 463 g/mol. The summed E-state index contributed by atoms with van der Waals surface area (Å²) in [6, 6.07) is 17.2. The summed E-state index contributed by atoms with van der Waals surface area (Å²) in [6.45, 7) is 3.47. The van der Waals surface area contributed by atoms with Gasteiger partial charge in [0, 0.05) is 26.3 Å². The van der Waals surface area contributed by atoms with Crippen molar-refractivity contribution >= 4 is 35.6 Å². The van der Waals surface area contributed by atoms with Gasteiger partial charge in [0.25, 0.3) is 0 Å². The molecule has 0 radical (unpaired) electrons. The maximum Gasteiger partial charge on any atom is 0.198 e. The van der Waals surface area contributed by atoms with E-state index in [1.165, 1.54) is 22.4 Å². The number of aryl methyl sites for hydroxylation is 1. The molecule has 2 heterocycles. The van der Waals surface area contributed by atoms with Crippen molar-refractivity contribution in [2.45, 2.75) is 19.9 Å². The molecule has 0 saturated carbocycles. The van der Waals surface area contributed by atoms with Crippen LogP contribution in [-0.2, 0) is 20.0 Å². The fourth-order valence-electron chi connectivity index (χ4n) is 3.49. The van der Waals surface area contributed by atoms with Crippen LogP contribution in [0.25, 0.3) is 11.1 Å². The van der Waals surface area contributed by atoms with Gasteiger partial charge in [-0.15, -0.1) is 34.2 Å². The van der Waals surface area contributed by atoms with E-state index in [1.807, 2.05) is 31.7 Å². The molecule has 0 bridgehead atoms. The molecule has 0 saturated heterocycles. The molecule has 0 spiro atoms. The second kappa shape index (κ2) is 8.72. The van der Waals surface area contributed by atoms with E-state index < -0.39 is 0 Å². The summed E-state index contributed by atoms with van der Waals surface area (Å²) in [6.07, 6.45) is 1.01. The predicted octanol–water partition coefficient (Wildman–Crippen LogP) is 3.55. The molecule has 1 aliphatic heterocycles. The Labute approximate surface area is 182 Å². The van der Waals surface area contributed by atoms with E-state index in [9.17, 15) is 0 Å². The van der Waals surface area contributed by atoms with Crippen LogP contribution in [0.3, 0.4) is 0 Å². The highest BCUT2D eigenvalue weighted by atomic mass is 127. The van der Waals surface area contributed by atoms with E-state index >= 15 is 0 Å². The van der Waals surface area contributed by atoms with E-state index in [0.717, 1.165) is 30.6 Å². The lowest BCUT2D eigenvalue weighted by Gasteiger charge is -2.22. The number of aliphatic imine (C=N–C) groups is 1. The maximum absolute atomic E-state index is 4.48. The molecular formula is C21H25IN6. The Hall–Kier alpha value is -2.42. The Bertz CT molecular complexity index is 980. The zero-order chi connectivity index (χ0) is 18.8. The molecule has 6 nitrogen and oxygen atoms in total. The van der Waals surface area contributed by atoms with Crippen LogP contribution >= 0.6 is 24.0 Å². The van der Waals surface area contributed by atoms with Crippen LogP contribution in [0.15, 0.2) is 53.5 Å². The van der Waals surface area contributed by atoms with Crippen molar-refractivity contribution in [3.8, 4) is 11.1 Å². The van der Waals surface area contributed by atoms with Crippen LogP contribution in [0.1, 0.15) is 17.2 Å². The Morgan fingerprint density at radius 2 is 1.89 bits per heavy atom. The van der Waals surface area contributed by atoms with E-state index in [-0.39, 0.29) is 24.0 Å². The second-order valence-corrected chi connectivity index (χ2v) is 6.73. The number of hydrogen-bond acceptors (Lipinski definition) is 3. The summed E-state index contributed by atoms with van der Waals surface area (Å²) in [4.78, 5) is 6.72. The number of aromatic nitrogens is 3. The molecule has 1 aliphatic rings. The number of fused-ring (bicyclic) bond motifs is 1. The number of rotatable bonds is 3. The molecule has 0 atom stereocenters. The van der Waals surface area contributed by atoms with Gasteiger partial charge in [-0.1, -0.05) is 36.4 Å². The van der Waals surface area contributed by atoms with Crippen molar-refractivity contribution in [3.05, 3.63) is 65.7 Å². The van der Waals surface area contributed by atoms with Crippen molar-refractivity contribution in [2.24, 2.45) is 12.0 Å². The van der Waals surface area contributed by atoms with Gasteiger partial charge in [0.15, 0.2) is 11.8 Å². The number of benzene rings is 2. The molecule has 0 amide bonds. The largest absolute Gasteiger partial charge is 0.349 e. The van der Waals surface area contributed by atoms with Crippen molar-refractivity contribution in [2.75, 3.05) is 18.5 Å². The Balaban J connectivity index is 0.00000225. The van der Waals surface area contributed by atoms with Gasteiger partial charge in [-0.25, -0.2) is 0 Å². The first-order valence-corrected chi connectivity index (χ1v) is 9.19. The van der Waals surface area contributed by atoms with Gasteiger partial charge in [-0.3, -0.25) is 4.99 Å². The van der Waals surface area contributed by atoms with Crippen LogP contribution < -0.4 is 10.2 Å². The SMILES string of the molecule is CN=C(NCc1nnc(C)n1C)N1CCc2cc(-c3ccccc3)ccc21.I. The molecule has 7 heteroatoms. The lowest BCUT2D eigenvalue weighted by Crippen LogP contribution is -2.40. The third kappa shape index (κ3) is 3.89. The van der Waals surface area contributed by atoms with Gasteiger partial charge in [-0.05, 0) is 42.2 Å². The first-order chi connectivity index (χ1) is 13.2. The molecule has 0 aliphatic carbocycles. The normalized spacial score (nSPS) is 13.2. The predicted molar refractivity (Wildman–Crippen MR) is 124 cm³/mol. The molecule has 3 aromatic rings. The molecule has 1 N–H and O–H groups in total. The van der Waals surface area contributed by atoms with Gasteiger partial charge in [0.05, 0.1) is 6.54 Å². The van der Waals surface area contributed by atoms with Crippen molar-refractivity contribution in [1.29, 1.82) is 0 Å². The number of nitrogens with zero attached hydrogens (tertiary/aromatic N) is 5. The molecule has 28 heavy (non-hydrogen) atoms. The third-order valence-corrected chi connectivity index (χ3v) is 5.14. The molecule has 1 aromatic heterocycles. The zero-order valence-corrected chi connectivity index (χ0v) is 18.7. The molecule has 0 unspecified atom stereocenters. The topological polar surface area (TPSA) is 58.3 Å². The zero-order valence-electron chi connectivity index (χ0n) is 16.4. The monoisotopic (exact) mass is 488 g/mol. The number of hydrogen-bond donors (Lipinski definition) is 1. The van der Waals surface area contributed by atoms with Gasteiger partial charge < -0.3 is 14.8 Å². The fourth-order valence-corrected chi connectivity index (χ4v) is 3.49. The first kappa shape index (κ1) is 20.3. The van der Waals surface area contributed by atoms with Crippen LogP contribution in [0, 0.1) is 6.92 Å². The number of guanidine groups is 1. The van der Waals surface area contributed by atoms with Crippen molar-refractivity contribution in [1.82, 2.24) is 20.1 Å². The minimum absolute atomic E-state index is 0. The van der Waals surface area contributed by atoms with Crippen LogP contribution in [0.5, 0.6) is 0 Å². The number of halogens is 1. The molecule has 2 aromatic carbocycles. The average Bonchev–Trinajstić information content (AvgIpc) is 3.27. The Kier molecular flexibility index (Phi) is 6.33. The van der Waals surface area contributed by atoms with Gasteiger partial charge in [0.1, 0.15) is 5.82 Å². The molecule has 0 fully saturated rings. The van der Waals surface area contributed by atoms with Crippen LogP contribution in [0.4, 0.5) is 5.69 Å². The van der Waals surface area contributed by atoms with Crippen molar-refractivity contribution < 1.29 is 0 Å². The second-order valence-electron chi connectivity index (χ2n) is 6.73. The van der Waals surface area contributed by atoms with E-state index in [1.54, 1.807) is 0 Å². The first-order valence-electron chi connectivity index (χ1n) is 9.19. The average molecular weight is 488 g/mol. The fraction of sp³-hybridized carbons (Fsp3) is 0.286. The summed E-state index contributed by atoms with van der Waals surface area (Å²) in [5.41, 5.74) is 5.08. The van der Waals surface area contributed by atoms with Crippen molar-refractivity contribution in [3.63, 3.8) is 0 Å². The summed E-state index contributed by atoms with van der Waals surface area (Å²) in [7, 11) is 3.80. The lowest BCUT2D eigenvalue weighted by molar-refractivity contribution is 0.729. The minimum Gasteiger partial charge on any atom is -0.349 e. The smallest absolute Gasteiger partial charge is 0.198 e. The summed E-state index contributed by atoms with van der Waals surface area (Å²) >= 11 is 0. The highest BCUT2D eigenvalue weighted by molar-refractivity contribution is 14.0. The lowest BCUT2D eigenvalue weighted by atomic mass is 10.0. The van der Waals surface area contributed by atoms with Crippen LogP contribution in [-0.4, -0.2) is 34.3 Å². The Morgan fingerprint density at radius 1 is 1.11 bits per heavy atom. The Morgan fingerprint density at radius 3 is 2.57 bits per heavy atom. The highest BCUT2D eigenvalue weighted by Crippen LogP contribution is 2.32. The summed E-state index contributed by atoms with van der Waals surface area (Å²) in [5.74, 6) is 2.66. The van der Waals surface area contributed by atoms with Gasteiger partial charge >= 0.3 is 0 Å². The molecule has 4 rings (SSSR count). The minimum atomic E-state index is 0. The number of anilines is 1. The van der Waals surface area contributed by atoms with E-state index in [0.29, 0.717) is 6.54 Å². The van der Waals surface area contributed by atoms with Gasteiger partial charge in [0.2, 0.25) is 0 Å². The third-order valence-electron chi connectivity index (χ3n) is 5.14. The summed E-state index contributed by atoms with van der Waals surface area (Å²) in [5, 5.41) is 11.7. The van der Waals surface area contributed by atoms with E-state index in [4.69, 9.17) is 0 Å². The quantitative estimate of drug-likeness (QED) is 0.348. The highest BCUT2D eigenvalue weighted by Gasteiger charge is 2.23. The maximum atomic E-state index is 4.48. The summed E-state index contributed by atoms with van der Waals surface area (Å²) < 4.78 is 1.99. The van der Waals surface area contributed by atoms with Gasteiger partial charge in [-0.2, -0.15) is 0 Å². The van der Waals surface area contributed by atoms with Crippen LogP contribution in [0.2, 0.25) is 0 Å².